The minimum atomic E-state index is 1.17. The Bertz CT molecular complexity index is 205. The molecule has 0 aliphatic heterocycles. The van der Waals surface area contributed by atoms with Crippen LogP contribution in [-0.4, -0.2) is 4.57 Å². The minimum absolute atomic E-state index is 1.17. The second-order valence-electron chi connectivity index (χ2n) is 2.83. The standard InChI is InChI=1S/C9H16NP/c1-2-3-4-7-10-8-5-6-9(10)11/h5-6,8H,2-4,7,11H2,1H3. The van der Waals surface area contributed by atoms with E-state index in [4.69, 9.17) is 0 Å². The first-order chi connectivity index (χ1) is 5.34. The van der Waals surface area contributed by atoms with Crippen LogP contribution in [0.5, 0.6) is 0 Å². The van der Waals surface area contributed by atoms with Crippen molar-refractivity contribution in [1.29, 1.82) is 0 Å². The summed E-state index contributed by atoms with van der Waals surface area (Å²) in [6.07, 6.45) is 6.07. The van der Waals surface area contributed by atoms with Gasteiger partial charge in [0.2, 0.25) is 0 Å². The van der Waals surface area contributed by atoms with Crippen LogP contribution in [0.15, 0.2) is 18.3 Å². The molecule has 1 atom stereocenters. The van der Waals surface area contributed by atoms with E-state index in [0.717, 1.165) is 0 Å². The molecule has 1 nitrogen and oxygen atoms in total. The van der Waals surface area contributed by atoms with Gasteiger partial charge in [0.15, 0.2) is 0 Å². The maximum atomic E-state index is 2.75. The summed E-state index contributed by atoms with van der Waals surface area (Å²) >= 11 is 0. The van der Waals surface area contributed by atoms with Crippen molar-refractivity contribution in [2.45, 2.75) is 32.7 Å². The lowest BCUT2D eigenvalue weighted by molar-refractivity contribution is 0.614. The third-order valence-corrected chi connectivity index (χ3v) is 2.39. The van der Waals surface area contributed by atoms with Gasteiger partial charge < -0.3 is 4.57 Å². The van der Waals surface area contributed by atoms with Crippen LogP contribution in [0.25, 0.3) is 0 Å². The van der Waals surface area contributed by atoms with Crippen molar-refractivity contribution in [3.8, 4) is 0 Å². The summed E-state index contributed by atoms with van der Waals surface area (Å²) in [6, 6.07) is 4.21. The van der Waals surface area contributed by atoms with Gasteiger partial charge in [-0.15, -0.1) is 0 Å². The van der Waals surface area contributed by atoms with Gasteiger partial charge in [0.25, 0.3) is 0 Å². The number of rotatable bonds is 4. The monoisotopic (exact) mass is 169 g/mol. The smallest absolute Gasteiger partial charge is 0.0347 e. The molecule has 2 heteroatoms. The maximum absolute atomic E-state index is 2.75. The number of hydrogen-bond acceptors (Lipinski definition) is 0. The van der Waals surface area contributed by atoms with Crippen LogP contribution in [0.1, 0.15) is 26.2 Å². The summed E-state index contributed by atoms with van der Waals surface area (Å²) in [7, 11) is 2.75. The molecule has 11 heavy (non-hydrogen) atoms. The zero-order chi connectivity index (χ0) is 8.10. The molecule has 0 saturated heterocycles. The van der Waals surface area contributed by atoms with Crippen LogP contribution >= 0.6 is 9.24 Å². The number of unbranched alkanes of at least 4 members (excludes halogenated alkanes) is 2. The van der Waals surface area contributed by atoms with Gasteiger partial charge in [0.05, 0.1) is 0 Å². The highest BCUT2D eigenvalue weighted by Gasteiger charge is 1.93. The zero-order valence-corrected chi connectivity index (χ0v) is 8.24. The van der Waals surface area contributed by atoms with Gasteiger partial charge in [0.1, 0.15) is 0 Å². The Morgan fingerprint density at radius 1 is 1.45 bits per heavy atom. The fourth-order valence-corrected chi connectivity index (χ4v) is 1.49. The molecule has 62 valence electrons. The molecule has 1 aromatic heterocycles. The molecule has 1 heterocycles. The summed E-state index contributed by atoms with van der Waals surface area (Å²) in [4.78, 5) is 0. The van der Waals surface area contributed by atoms with Crippen LogP contribution < -0.4 is 5.44 Å². The third-order valence-electron chi connectivity index (χ3n) is 1.87. The highest BCUT2D eigenvalue weighted by molar-refractivity contribution is 7.27. The first-order valence-electron chi connectivity index (χ1n) is 4.25. The minimum Gasteiger partial charge on any atom is -0.348 e. The lowest BCUT2D eigenvalue weighted by Crippen LogP contribution is -2.08. The molecule has 1 rings (SSSR count). The Labute approximate surface area is 71.0 Å². The topological polar surface area (TPSA) is 4.93 Å². The second kappa shape index (κ2) is 4.56. The van der Waals surface area contributed by atoms with E-state index in [-0.39, 0.29) is 0 Å². The van der Waals surface area contributed by atoms with Crippen molar-refractivity contribution in [3.05, 3.63) is 18.3 Å². The van der Waals surface area contributed by atoms with E-state index in [0.29, 0.717) is 0 Å². The first-order valence-corrected chi connectivity index (χ1v) is 4.83. The van der Waals surface area contributed by atoms with Crippen molar-refractivity contribution < 1.29 is 0 Å². The second-order valence-corrected chi connectivity index (χ2v) is 3.43. The van der Waals surface area contributed by atoms with Crippen LogP contribution in [0.3, 0.4) is 0 Å². The van der Waals surface area contributed by atoms with Gasteiger partial charge in [-0.25, -0.2) is 0 Å². The van der Waals surface area contributed by atoms with Crippen molar-refractivity contribution in [2.75, 3.05) is 0 Å². The normalized spacial score (nSPS) is 10.4. The zero-order valence-electron chi connectivity index (χ0n) is 7.09. The van der Waals surface area contributed by atoms with E-state index in [9.17, 15) is 0 Å². The number of aromatic nitrogens is 1. The predicted octanol–water partition coefficient (Wildman–Crippen LogP) is 2.18. The van der Waals surface area contributed by atoms with Gasteiger partial charge in [-0.3, -0.25) is 0 Å². The molecular weight excluding hydrogens is 153 g/mol. The highest BCUT2D eigenvalue weighted by Crippen LogP contribution is 1.99. The molecule has 0 radical (unpaired) electrons. The van der Waals surface area contributed by atoms with Crippen molar-refractivity contribution in [1.82, 2.24) is 4.57 Å². The number of nitrogens with zero attached hydrogens (tertiary/aromatic N) is 1. The van der Waals surface area contributed by atoms with Gasteiger partial charge in [-0.1, -0.05) is 29.0 Å². The van der Waals surface area contributed by atoms with Gasteiger partial charge in [-0.2, -0.15) is 0 Å². The Morgan fingerprint density at radius 2 is 2.27 bits per heavy atom. The fraction of sp³-hybridized carbons (Fsp3) is 0.556. The number of aryl methyl sites for hydroxylation is 1. The summed E-state index contributed by atoms with van der Waals surface area (Å²) in [6.45, 7) is 3.40. The van der Waals surface area contributed by atoms with Crippen LogP contribution in [0.2, 0.25) is 0 Å². The van der Waals surface area contributed by atoms with E-state index in [1.165, 1.54) is 31.2 Å². The average Bonchev–Trinajstić information content (AvgIpc) is 2.37. The number of hydrogen-bond donors (Lipinski definition) is 0. The Morgan fingerprint density at radius 3 is 2.82 bits per heavy atom. The molecule has 0 bridgehead atoms. The SMILES string of the molecule is CCCCCn1cccc1P. The Kier molecular flexibility index (Phi) is 3.65. The molecule has 0 aliphatic carbocycles. The first kappa shape index (κ1) is 8.80. The molecule has 0 saturated carbocycles. The van der Waals surface area contributed by atoms with E-state index >= 15 is 0 Å². The van der Waals surface area contributed by atoms with E-state index in [2.05, 4.69) is 39.1 Å². The molecule has 1 unspecified atom stereocenters. The Hall–Kier alpha value is -0.290. The Balaban J connectivity index is 2.32. The van der Waals surface area contributed by atoms with E-state index < -0.39 is 0 Å². The predicted molar refractivity (Wildman–Crippen MR) is 53.3 cm³/mol. The summed E-state index contributed by atoms with van der Waals surface area (Å²) in [5.74, 6) is 0. The van der Waals surface area contributed by atoms with Gasteiger partial charge in [0, 0.05) is 18.2 Å². The molecular formula is C9H16NP. The van der Waals surface area contributed by atoms with E-state index in [1.807, 2.05) is 0 Å². The highest BCUT2D eigenvalue weighted by atomic mass is 31.0. The summed E-state index contributed by atoms with van der Waals surface area (Å²) in [5.41, 5.74) is 1.29. The molecule has 0 aliphatic rings. The third kappa shape index (κ3) is 2.67. The van der Waals surface area contributed by atoms with Crippen LogP contribution in [0.4, 0.5) is 0 Å². The molecule has 0 aromatic carbocycles. The van der Waals surface area contributed by atoms with Crippen LogP contribution in [0, 0.1) is 0 Å². The molecule has 0 amide bonds. The van der Waals surface area contributed by atoms with E-state index in [1.54, 1.807) is 0 Å². The average molecular weight is 169 g/mol. The van der Waals surface area contributed by atoms with Gasteiger partial charge >= 0.3 is 0 Å². The fourth-order valence-electron chi connectivity index (χ4n) is 1.16. The molecule has 0 N–H and O–H groups in total. The lowest BCUT2D eigenvalue weighted by Gasteiger charge is -2.03. The van der Waals surface area contributed by atoms with Crippen molar-refractivity contribution >= 4 is 14.7 Å². The maximum Gasteiger partial charge on any atom is 0.0347 e. The van der Waals surface area contributed by atoms with Crippen molar-refractivity contribution in [3.63, 3.8) is 0 Å². The molecule has 1 aromatic rings. The van der Waals surface area contributed by atoms with Gasteiger partial charge in [-0.05, 0) is 18.6 Å². The lowest BCUT2D eigenvalue weighted by atomic mass is 10.2. The van der Waals surface area contributed by atoms with Crippen molar-refractivity contribution in [2.24, 2.45) is 0 Å². The van der Waals surface area contributed by atoms with Crippen LogP contribution in [-0.2, 0) is 6.54 Å². The summed E-state index contributed by atoms with van der Waals surface area (Å²) < 4.78 is 2.28. The quantitative estimate of drug-likeness (QED) is 0.481. The summed E-state index contributed by atoms with van der Waals surface area (Å²) in [5, 5.41) is 0. The molecule has 0 spiro atoms. The molecule has 0 fully saturated rings. The largest absolute Gasteiger partial charge is 0.348 e.